The fraction of sp³-hybridized carbons (Fsp3) is 0.296. The van der Waals surface area contributed by atoms with Crippen LogP contribution in [0.2, 0.25) is 5.02 Å². The first-order chi connectivity index (χ1) is 18.0. The van der Waals surface area contributed by atoms with Gasteiger partial charge in [-0.05, 0) is 37.7 Å². The molecule has 2 aromatic rings. The lowest BCUT2D eigenvalue weighted by atomic mass is 9.79. The maximum Gasteiger partial charge on any atom is 0.399 e. The number of benzodiazepines with no additional fused rings is 1. The van der Waals surface area contributed by atoms with E-state index in [0.29, 0.717) is 11.1 Å². The third-order valence-electron chi connectivity index (χ3n) is 6.83. The normalized spacial score (nSPS) is 24.3. The number of benzene rings is 2. The van der Waals surface area contributed by atoms with Gasteiger partial charge in [0, 0.05) is 21.9 Å². The zero-order chi connectivity index (χ0) is 27.8. The number of halogens is 4. The molecule has 1 aliphatic heterocycles. The van der Waals surface area contributed by atoms with Crippen molar-refractivity contribution < 1.29 is 22.8 Å². The lowest BCUT2D eigenvalue weighted by Crippen LogP contribution is -2.70. The van der Waals surface area contributed by atoms with Crippen LogP contribution in [0.25, 0.3) is 0 Å². The van der Waals surface area contributed by atoms with Gasteiger partial charge in [-0.3, -0.25) is 24.8 Å². The zero-order valence-corrected chi connectivity index (χ0v) is 22.2. The van der Waals surface area contributed by atoms with Gasteiger partial charge in [-0.15, -0.1) is 0 Å². The number of nitrogens with two attached hydrogens (primary N) is 1. The highest BCUT2D eigenvalue weighted by atomic mass is 35.5. The third-order valence-corrected chi connectivity index (χ3v) is 7.46. The van der Waals surface area contributed by atoms with Gasteiger partial charge >= 0.3 is 6.18 Å². The molecule has 0 bridgehead atoms. The van der Waals surface area contributed by atoms with E-state index in [4.69, 9.17) is 17.3 Å². The summed E-state index contributed by atoms with van der Waals surface area (Å²) in [4.78, 5) is 33.3. The van der Waals surface area contributed by atoms with Crippen LogP contribution in [0.1, 0.15) is 18.1 Å². The zero-order valence-electron chi connectivity index (χ0n) is 20.5. The van der Waals surface area contributed by atoms with Crippen LogP contribution in [-0.4, -0.2) is 54.1 Å². The molecule has 1 amide bonds. The van der Waals surface area contributed by atoms with Gasteiger partial charge in [0.15, 0.2) is 11.8 Å². The predicted molar refractivity (Wildman–Crippen MR) is 146 cm³/mol. The van der Waals surface area contributed by atoms with Gasteiger partial charge in [0.25, 0.3) is 5.91 Å². The first-order valence-corrected chi connectivity index (χ1v) is 12.8. The van der Waals surface area contributed by atoms with Crippen LogP contribution in [0.15, 0.2) is 77.3 Å². The molecule has 4 unspecified atom stereocenters. The second-order valence-electron chi connectivity index (χ2n) is 9.04. The summed E-state index contributed by atoms with van der Waals surface area (Å²) in [5.74, 6) is -3.94. The second-order valence-corrected chi connectivity index (χ2v) is 9.84. The van der Waals surface area contributed by atoms with Crippen LogP contribution in [0.4, 0.5) is 18.9 Å². The number of fused-ring (bicyclic) bond motifs is 1. The molecule has 3 N–H and O–H groups in total. The van der Waals surface area contributed by atoms with E-state index < -0.39 is 41.5 Å². The van der Waals surface area contributed by atoms with Crippen LogP contribution < -0.4 is 16.0 Å². The standard InChI is InChI=1S/C27H26ClF3N4O2S/c1-15-7-6-10-21(27(29,30)31)26(15,33-2)35-20-12-11-17(28)13-18(20)22(16-8-4-3-5-9-16)34-23(25(35)37)24(36)19(32)14-38/h3-13,19,21,23,33,38H,14,32H2,1-2H3. The number of nitrogens with one attached hydrogen (secondary N) is 1. The van der Waals surface area contributed by atoms with Crippen LogP contribution in [0.3, 0.4) is 0 Å². The maximum absolute atomic E-state index is 14.6. The van der Waals surface area contributed by atoms with Crippen molar-refractivity contribution in [2.45, 2.75) is 30.8 Å². The number of rotatable bonds is 6. The largest absolute Gasteiger partial charge is 0.399 e. The maximum atomic E-state index is 14.6. The molecule has 0 spiro atoms. The number of likely N-dealkylation sites (N-methyl/N-ethyl adjacent to an activating group) is 1. The summed E-state index contributed by atoms with van der Waals surface area (Å²) in [5.41, 5.74) is 5.27. The van der Waals surface area contributed by atoms with Gasteiger partial charge in [-0.1, -0.05) is 60.2 Å². The summed E-state index contributed by atoms with van der Waals surface area (Å²) in [5, 5.41) is 3.06. The summed E-state index contributed by atoms with van der Waals surface area (Å²) < 4.78 is 43.8. The highest BCUT2D eigenvalue weighted by Gasteiger charge is 2.60. The van der Waals surface area contributed by atoms with Gasteiger partial charge < -0.3 is 5.73 Å². The number of aliphatic imine (C=N–C) groups is 1. The average molecular weight is 563 g/mol. The molecule has 38 heavy (non-hydrogen) atoms. The number of carbonyl (C=O) groups is 2. The predicted octanol–water partition coefficient (Wildman–Crippen LogP) is 4.33. The molecular weight excluding hydrogens is 537 g/mol. The molecule has 0 radical (unpaired) electrons. The van der Waals surface area contributed by atoms with Crippen molar-refractivity contribution in [3.05, 3.63) is 88.5 Å². The summed E-state index contributed by atoms with van der Waals surface area (Å²) in [6.45, 7) is 1.50. The van der Waals surface area contributed by atoms with E-state index in [-0.39, 0.29) is 27.7 Å². The van der Waals surface area contributed by atoms with E-state index in [9.17, 15) is 22.8 Å². The molecule has 0 saturated heterocycles. The molecule has 0 aromatic heterocycles. The number of carbonyl (C=O) groups excluding carboxylic acids is 2. The lowest BCUT2D eigenvalue weighted by Gasteiger charge is -2.50. The minimum atomic E-state index is -4.75. The van der Waals surface area contributed by atoms with Crippen molar-refractivity contribution in [3.63, 3.8) is 0 Å². The highest BCUT2D eigenvalue weighted by Crippen LogP contribution is 2.47. The Hall–Kier alpha value is -2.92. The molecule has 0 fully saturated rings. The smallest absolute Gasteiger partial charge is 0.321 e. The van der Waals surface area contributed by atoms with E-state index in [1.165, 1.54) is 44.3 Å². The Labute approximate surface area is 228 Å². The first kappa shape index (κ1) is 28.1. The molecule has 1 heterocycles. The Bertz CT molecular complexity index is 1350. The van der Waals surface area contributed by atoms with Gasteiger partial charge in [0.05, 0.1) is 17.4 Å². The summed E-state index contributed by atoms with van der Waals surface area (Å²) in [7, 11) is 1.35. The number of hydrogen-bond donors (Lipinski definition) is 3. The summed E-state index contributed by atoms with van der Waals surface area (Å²) in [6.07, 6.45) is -0.952. The average Bonchev–Trinajstić information content (AvgIpc) is 3.02. The van der Waals surface area contributed by atoms with Gasteiger partial charge in [0.2, 0.25) is 0 Å². The monoisotopic (exact) mass is 562 g/mol. The van der Waals surface area contributed by atoms with Gasteiger partial charge in [0.1, 0.15) is 11.6 Å². The molecule has 200 valence electrons. The van der Waals surface area contributed by atoms with Gasteiger partial charge in [-0.2, -0.15) is 25.8 Å². The number of Topliss-reactive ketones (excluding diaryl/α,β-unsaturated/α-hetero) is 1. The van der Waals surface area contributed by atoms with Crippen molar-refractivity contribution in [1.29, 1.82) is 0 Å². The molecule has 4 rings (SSSR count). The van der Waals surface area contributed by atoms with Crippen molar-refractivity contribution in [2.75, 3.05) is 17.7 Å². The van der Waals surface area contributed by atoms with Crippen molar-refractivity contribution in [2.24, 2.45) is 16.6 Å². The van der Waals surface area contributed by atoms with Gasteiger partial charge in [-0.25, -0.2) is 0 Å². The van der Waals surface area contributed by atoms with Crippen LogP contribution in [0.5, 0.6) is 0 Å². The Morgan fingerprint density at radius 2 is 1.95 bits per heavy atom. The SMILES string of the molecule is CNC1(N2C(=O)C(C(=O)C(N)CS)N=C(c3ccccc3)c3cc(Cl)ccc32)C(C)=CC=CC1C(F)(F)F. The molecular formula is C27H26ClF3N4O2S. The molecule has 4 atom stereocenters. The molecule has 11 heteroatoms. The Balaban J connectivity index is 2.10. The molecule has 2 aliphatic rings. The number of ketones is 1. The van der Waals surface area contributed by atoms with E-state index in [1.54, 1.807) is 30.3 Å². The number of thiol groups is 1. The van der Waals surface area contributed by atoms with Crippen molar-refractivity contribution in [3.8, 4) is 0 Å². The van der Waals surface area contributed by atoms with Crippen LogP contribution in [-0.2, 0) is 9.59 Å². The number of hydrogen-bond acceptors (Lipinski definition) is 6. The van der Waals surface area contributed by atoms with E-state index in [0.717, 1.165) is 11.0 Å². The quantitative estimate of drug-likeness (QED) is 0.361. The van der Waals surface area contributed by atoms with E-state index in [1.807, 2.05) is 0 Å². The van der Waals surface area contributed by atoms with Crippen molar-refractivity contribution >= 4 is 47.3 Å². The number of alkyl halides is 3. The van der Waals surface area contributed by atoms with Crippen molar-refractivity contribution in [1.82, 2.24) is 5.32 Å². The van der Waals surface area contributed by atoms with E-state index >= 15 is 0 Å². The Morgan fingerprint density at radius 1 is 1.26 bits per heavy atom. The Morgan fingerprint density at radius 3 is 2.55 bits per heavy atom. The Kier molecular flexibility index (Phi) is 7.90. The van der Waals surface area contributed by atoms with Crippen LogP contribution >= 0.6 is 24.2 Å². The molecule has 0 saturated carbocycles. The lowest BCUT2D eigenvalue weighted by molar-refractivity contribution is -0.178. The van der Waals surface area contributed by atoms with E-state index in [2.05, 4.69) is 22.9 Å². The second kappa shape index (κ2) is 10.7. The number of allylic oxidation sites excluding steroid dienone is 2. The third kappa shape index (κ3) is 4.70. The number of nitrogens with zero attached hydrogens (tertiary/aromatic N) is 2. The fourth-order valence-corrected chi connectivity index (χ4v) is 5.36. The first-order valence-electron chi connectivity index (χ1n) is 11.8. The molecule has 1 aliphatic carbocycles. The highest BCUT2D eigenvalue weighted by molar-refractivity contribution is 7.80. The van der Waals surface area contributed by atoms with Crippen LogP contribution in [0, 0.1) is 5.92 Å². The fourth-order valence-electron chi connectivity index (χ4n) is 5.00. The summed E-state index contributed by atoms with van der Waals surface area (Å²) >= 11 is 10.4. The minimum Gasteiger partial charge on any atom is -0.321 e. The number of anilines is 1. The minimum absolute atomic E-state index is 0.0818. The topological polar surface area (TPSA) is 87.8 Å². The molecule has 2 aromatic carbocycles. The molecule has 6 nitrogen and oxygen atoms in total. The summed E-state index contributed by atoms with van der Waals surface area (Å²) in [6, 6.07) is 10.3. The number of amides is 1.